The Morgan fingerprint density at radius 3 is 1.43 bits per heavy atom. The smallest absolute Gasteiger partial charge is 0.260 e. The van der Waals surface area contributed by atoms with Crippen LogP contribution in [0.15, 0.2) is 58.4 Å². The Morgan fingerprint density at radius 2 is 0.971 bits per heavy atom. The first-order chi connectivity index (χ1) is 33.8. The van der Waals surface area contributed by atoms with E-state index in [9.17, 15) is 19.8 Å². The van der Waals surface area contributed by atoms with E-state index in [-0.39, 0.29) is 43.8 Å². The van der Waals surface area contributed by atoms with Crippen LogP contribution in [0.4, 0.5) is 23.3 Å². The fraction of sp³-hybridized carbons (Fsp3) is 0.585. The first-order valence-corrected chi connectivity index (χ1v) is 26.1. The summed E-state index contributed by atoms with van der Waals surface area (Å²) in [4.78, 5) is 53.4. The van der Waals surface area contributed by atoms with Crippen molar-refractivity contribution in [2.45, 2.75) is 136 Å². The van der Waals surface area contributed by atoms with Gasteiger partial charge < -0.3 is 40.9 Å². The molecular formula is C53H78BN12O4. The molecule has 6 aliphatic rings. The van der Waals surface area contributed by atoms with Crippen molar-refractivity contribution in [1.82, 2.24) is 39.3 Å². The Morgan fingerprint density at radius 1 is 0.529 bits per heavy atom. The van der Waals surface area contributed by atoms with E-state index in [1.54, 1.807) is 14.1 Å². The van der Waals surface area contributed by atoms with Crippen molar-refractivity contribution in [3.63, 3.8) is 0 Å². The van der Waals surface area contributed by atoms with Crippen molar-refractivity contribution in [2.24, 2.45) is 0 Å². The van der Waals surface area contributed by atoms with Crippen LogP contribution >= 0.6 is 0 Å². The van der Waals surface area contributed by atoms with Crippen molar-refractivity contribution in [1.29, 1.82) is 0 Å². The van der Waals surface area contributed by atoms with Crippen LogP contribution in [0.1, 0.15) is 118 Å². The van der Waals surface area contributed by atoms with Crippen molar-refractivity contribution in [2.75, 3.05) is 86.9 Å². The Kier molecular flexibility index (Phi) is 19.4. The number of aliphatic hydroxyl groups excluding tert-OH is 2. The minimum absolute atomic E-state index is 0. The largest absolute Gasteiger partial charge is 0.393 e. The molecule has 3 radical (unpaired) electrons. The lowest BCUT2D eigenvalue weighted by atomic mass is 9.92. The molecule has 4 aromatic heterocycles. The highest BCUT2D eigenvalue weighted by atomic mass is 16.3. The summed E-state index contributed by atoms with van der Waals surface area (Å²) in [7, 11) is 3.57. The Bertz CT molecular complexity index is 2760. The van der Waals surface area contributed by atoms with E-state index in [0.29, 0.717) is 60.3 Å². The second-order valence-electron chi connectivity index (χ2n) is 18.1. The number of nitrogens with zero attached hydrogens (tertiary/aromatic N) is 9. The number of rotatable bonds is 6. The molecule has 0 atom stereocenters. The van der Waals surface area contributed by atoms with Crippen LogP contribution in [0, 0.1) is 0 Å². The summed E-state index contributed by atoms with van der Waals surface area (Å²) >= 11 is 0. The molecule has 4 saturated heterocycles. The molecule has 0 spiro atoms. The SMILES string of the molecule is CC.CC.CC.CNc1ncc2c3ccc(N4CCN5CCC4CC5)cc3c(=O)n(C3CCC(O)CC3)c2n1.CNc1ncc2c3ccc(N4CCNCC4)cc3c(=O)n(C3CCC(O)CC3)c2n1.[B]. The van der Waals surface area contributed by atoms with Crippen LogP contribution in [0.25, 0.3) is 43.6 Å². The molecule has 5 N–H and O–H groups in total. The van der Waals surface area contributed by atoms with E-state index in [2.05, 4.69) is 69.9 Å². The van der Waals surface area contributed by atoms with Gasteiger partial charge in [0, 0.05) is 128 Å². The molecule has 6 fully saturated rings. The predicted molar refractivity (Wildman–Crippen MR) is 290 cm³/mol. The summed E-state index contributed by atoms with van der Waals surface area (Å²) in [5, 5.41) is 34.4. The summed E-state index contributed by atoms with van der Waals surface area (Å²) in [5.41, 5.74) is 3.59. The van der Waals surface area contributed by atoms with Gasteiger partial charge in [-0.25, -0.2) is 9.97 Å². The van der Waals surface area contributed by atoms with Crippen LogP contribution in [-0.4, -0.2) is 137 Å². The first-order valence-electron chi connectivity index (χ1n) is 26.1. The summed E-state index contributed by atoms with van der Waals surface area (Å²) in [6.45, 7) is 20.2. The van der Waals surface area contributed by atoms with Gasteiger partial charge in [0.25, 0.3) is 11.1 Å². The zero-order valence-corrected chi connectivity index (χ0v) is 43.0. The quantitative estimate of drug-likeness (QED) is 0.0828. The zero-order chi connectivity index (χ0) is 49.2. The molecule has 2 bridgehead atoms. The summed E-state index contributed by atoms with van der Waals surface area (Å²) in [6, 6.07) is 13.1. The number of aromatic nitrogens is 6. The second kappa shape index (κ2) is 25.2. The van der Waals surface area contributed by atoms with Crippen LogP contribution in [0.5, 0.6) is 0 Å². The molecule has 12 rings (SSSR count). The lowest BCUT2D eigenvalue weighted by Crippen LogP contribution is -2.43. The third-order valence-electron chi connectivity index (χ3n) is 14.5. The zero-order valence-electron chi connectivity index (χ0n) is 43.0. The van der Waals surface area contributed by atoms with Gasteiger partial charge in [-0.2, -0.15) is 9.97 Å². The number of pyridine rings is 2. The Labute approximate surface area is 415 Å². The topological polar surface area (TPSA) is 182 Å². The fourth-order valence-electron chi connectivity index (χ4n) is 10.9. The van der Waals surface area contributed by atoms with Gasteiger partial charge in [0.1, 0.15) is 11.3 Å². The molecule has 2 saturated carbocycles. The van der Waals surface area contributed by atoms with Crippen LogP contribution < -0.4 is 36.9 Å². The number of fused-ring (bicyclic) bond motifs is 10. The average molecular weight is 958 g/mol. The number of piperidine rings is 1. The Hall–Kier alpha value is -5.36. The highest BCUT2D eigenvalue weighted by Gasteiger charge is 2.31. The number of hydrogen-bond acceptors (Lipinski definition) is 14. The molecule has 2 aliphatic carbocycles. The van der Waals surface area contributed by atoms with Gasteiger partial charge in [-0.1, -0.05) is 53.7 Å². The molecule has 4 aliphatic heterocycles. The summed E-state index contributed by atoms with van der Waals surface area (Å²) < 4.78 is 3.74. The normalized spacial score (nSPS) is 23.0. The van der Waals surface area contributed by atoms with Gasteiger partial charge in [-0.15, -0.1) is 0 Å². The maximum Gasteiger partial charge on any atom is 0.260 e. The summed E-state index contributed by atoms with van der Waals surface area (Å²) in [6.07, 6.45) is 11.4. The fourth-order valence-corrected chi connectivity index (χ4v) is 10.9. The lowest BCUT2D eigenvalue weighted by molar-refractivity contribution is 0.110. The average Bonchev–Trinajstić information content (AvgIpc) is 3.75. The third-order valence-corrected chi connectivity index (χ3v) is 14.5. The van der Waals surface area contributed by atoms with Crippen molar-refractivity contribution in [3.05, 3.63) is 69.5 Å². The molecule has 16 nitrogen and oxygen atoms in total. The van der Waals surface area contributed by atoms with E-state index in [4.69, 9.17) is 4.98 Å². The second-order valence-corrected chi connectivity index (χ2v) is 18.1. The molecule has 70 heavy (non-hydrogen) atoms. The standard InChI is InChI=1S/C25H32N6O2.C22H28N6O2.3C2H6.B/c1-26-25-27-15-22-20-7-4-18(30-13-12-29-10-8-16(30)9-11-29)14-21(20)24(33)31(23(22)28-25)17-2-5-19(32)6-3-17;1-23-22-25-13-19-17-7-4-15(27-10-8-24-9-11-27)12-18(17)21(30)28(20(19)26-22)14-2-5-16(29)6-3-14;3*1-2;/h4,7,14-17,19,32H,2-3,5-6,8-13H2,1H3,(H,26,27,28);4,7,12-14,16,24,29H,2-3,5-6,8-11H2,1H3,(H,23,25,26);3*1-2H3;. The van der Waals surface area contributed by atoms with E-state index in [1.165, 1.54) is 25.9 Å². The number of piperazine rings is 1. The van der Waals surface area contributed by atoms with Crippen molar-refractivity contribution >= 4 is 75.3 Å². The maximum atomic E-state index is 14.0. The highest BCUT2D eigenvalue weighted by molar-refractivity contribution is 6.06. The van der Waals surface area contributed by atoms with Gasteiger partial charge >= 0.3 is 0 Å². The van der Waals surface area contributed by atoms with Gasteiger partial charge in [-0.3, -0.25) is 18.7 Å². The van der Waals surface area contributed by atoms with E-state index >= 15 is 0 Å². The molecule has 8 heterocycles. The molecular weight excluding hydrogens is 879 g/mol. The lowest BCUT2D eigenvalue weighted by Gasteiger charge is -2.33. The van der Waals surface area contributed by atoms with E-state index < -0.39 is 0 Å². The molecule has 377 valence electrons. The van der Waals surface area contributed by atoms with Crippen molar-refractivity contribution < 1.29 is 10.2 Å². The molecule has 17 heteroatoms. The molecule has 0 unspecified atom stereocenters. The van der Waals surface area contributed by atoms with E-state index in [1.807, 2.05) is 75.2 Å². The Balaban J connectivity index is 0.000000206. The first kappa shape index (κ1) is 54.0. The highest BCUT2D eigenvalue weighted by Crippen LogP contribution is 2.36. The minimum Gasteiger partial charge on any atom is -0.393 e. The number of benzene rings is 2. The third kappa shape index (κ3) is 11.2. The van der Waals surface area contributed by atoms with Gasteiger partial charge in [0.2, 0.25) is 11.9 Å². The predicted octanol–water partition coefficient (Wildman–Crippen LogP) is 7.32. The van der Waals surface area contributed by atoms with Gasteiger partial charge in [0.15, 0.2) is 0 Å². The number of nitrogens with one attached hydrogen (secondary N) is 3. The monoisotopic (exact) mass is 958 g/mol. The van der Waals surface area contributed by atoms with Crippen LogP contribution in [0.2, 0.25) is 0 Å². The van der Waals surface area contributed by atoms with Gasteiger partial charge in [-0.05, 0) is 99.2 Å². The number of aliphatic hydroxyl groups is 2. The summed E-state index contributed by atoms with van der Waals surface area (Å²) in [5.74, 6) is 1.01. The molecule has 6 aromatic rings. The maximum absolute atomic E-state index is 14.0. The van der Waals surface area contributed by atoms with E-state index in [0.717, 1.165) is 103 Å². The van der Waals surface area contributed by atoms with Crippen molar-refractivity contribution in [3.8, 4) is 0 Å². The molecule has 2 aromatic carbocycles. The number of anilines is 4. The van der Waals surface area contributed by atoms with Crippen LogP contribution in [0.3, 0.4) is 0 Å². The number of hydrogen-bond donors (Lipinski definition) is 5. The minimum atomic E-state index is -0.273. The molecule has 0 amide bonds. The van der Waals surface area contributed by atoms with Gasteiger partial charge in [0.05, 0.1) is 23.0 Å². The van der Waals surface area contributed by atoms with Crippen LogP contribution in [-0.2, 0) is 0 Å².